The van der Waals surface area contributed by atoms with Crippen molar-refractivity contribution in [2.75, 3.05) is 19.8 Å². The van der Waals surface area contributed by atoms with Crippen molar-refractivity contribution in [3.8, 4) is 11.5 Å². The molecule has 1 aromatic rings. The fourth-order valence-electron chi connectivity index (χ4n) is 3.70. The summed E-state index contributed by atoms with van der Waals surface area (Å²) in [4.78, 5) is 0. The summed E-state index contributed by atoms with van der Waals surface area (Å²) in [6, 6.07) is 4.29. The van der Waals surface area contributed by atoms with Gasteiger partial charge in [-0.05, 0) is 36.4 Å². The molecule has 0 aromatic heterocycles. The standard InChI is InChI=1S/C17H24ClNO2/c1-3-19-17(12-6-4-5-11(12)2)13-9-15-16(10-14(13)18)21-8-7-20-15/h9-12,17,19H,3-8H2,1-2H3. The third-order valence-electron chi connectivity index (χ3n) is 4.78. The molecule has 1 aliphatic heterocycles. The fraction of sp³-hybridized carbons (Fsp3) is 0.647. The third-order valence-corrected chi connectivity index (χ3v) is 5.10. The van der Waals surface area contributed by atoms with Crippen LogP contribution in [0, 0.1) is 11.8 Å². The summed E-state index contributed by atoms with van der Waals surface area (Å²) in [7, 11) is 0. The van der Waals surface area contributed by atoms with Crippen molar-refractivity contribution in [3.63, 3.8) is 0 Å². The van der Waals surface area contributed by atoms with Crippen molar-refractivity contribution in [2.45, 2.75) is 39.2 Å². The van der Waals surface area contributed by atoms with E-state index in [1.54, 1.807) is 0 Å². The number of benzene rings is 1. The molecule has 3 atom stereocenters. The van der Waals surface area contributed by atoms with Crippen molar-refractivity contribution in [1.82, 2.24) is 5.32 Å². The highest BCUT2D eigenvalue weighted by Crippen LogP contribution is 2.45. The van der Waals surface area contributed by atoms with Gasteiger partial charge in [-0.15, -0.1) is 0 Å². The Morgan fingerprint density at radius 3 is 2.57 bits per heavy atom. The first-order valence-electron chi connectivity index (χ1n) is 8.03. The molecular weight excluding hydrogens is 286 g/mol. The van der Waals surface area contributed by atoms with E-state index in [0.717, 1.165) is 34.5 Å². The van der Waals surface area contributed by atoms with Crippen molar-refractivity contribution >= 4 is 11.6 Å². The van der Waals surface area contributed by atoms with Gasteiger partial charge in [-0.3, -0.25) is 0 Å². The third kappa shape index (κ3) is 3.00. The average Bonchev–Trinajstić information content (AvgIpc) is 2.90. The molecule has 1 fully saturated rings. The lowest BCUT2D eigenvalue weighted by atomic mass is 9.85. The van der Waals surface area contributed by atoms with Gasteiger partial charge in [0.25, 0.3) is 0 Å². The fourth-order valence-corrected chi connectivity index (χ4v) is 3.97. The van der Waals surface area contributed by atoms with Gasteiger partial charge in [0, 0.05) is 17.1 Å². The molecule has 1 aromatic carbocycles. The number of hydrogen-bond donors (Lipinski definition) is 1. The quantitative estimate of drug-likeness (QED) is 0.904. The molecule has 21 heavy (non-hydrogen) atoms. The Morgan fingerprint density at radius 2 is 1.95 bits per heavy atom. The minimum absolute atomic E-state index is 0.302. The Balaban J connectivity index is 1.94. The molecule has 3 nitrogen and oxygen atoms in total. The van der Waals surface area contributed by atoms with Gasteiger partial charge in [-0.2, -0.15) is 0 Å². The number of nitrogens with one attached hydrogen (secondary N) is 1. The van der Waals surface area contributed by atoms with Crippen LogP contribution in [0.4, 0.5) is 0 Å². The maximum atomic E-state index is 6.54. The Bertz CT molecular complexity index is 506. The van der Waals surface area contributed by atoms with E-state index in [9.17, 15) is 0 Å². The van der Waals surface area contributed by atoms with E-state index in [-0.39, 0.29) is 0 Å². The summed E-state index contributed by atoms with van der Waals surface area (Å²) in [6.07, 6.45) is 3.90. The SMILES string of the molecule is CCNC(c1cc2c(cc1Cl)OCCO2)C1CCCC1C. The highest BCUT2D eigenvalue weighted by atomic mass is 35.5. The van der Waals surface area contributed by atoms with Gasteiger partial charge >= 0.3 is 0 Å². The Hall–Kier alpha value is -0.930. The highest BCUT2D eigenvalue weighted by molar-refractivity contribution is 6.31. The number of fused-ring (bicyclic) bond motifs is 1. The van der Waals surface area contributed by atoms with Crippen LogP contribution in [0.15, 0.2) is 12.1 Å². The zero-order valence-corrected chi connectivity index (χ0v) is 13.6. The molecule has 0 saturated heterocycles. The molecule has 1 heterocycles. The number of halogens is 1. The summed E-state index contributed by atoms with van der Waals surface area (Å²) < 4.78 is 11.3. The van der Waals surface area contributed by atoms with Crippen LogP contribution in [0.5, 0.6) is 11.5 Å². The second-order valence-electron chi connectivity index (χ2n) is 6.12. The van der Waals surface area contributed by atoms with Gasteiger partial charge in [-0.1, -0.05) is 38.3 Å². The van der Waals surface area contributed by atoms with E-state index in [0.29, 0.717) is 25.2 Å². The topological polar surface area (TPSA) is 30.5 Å². The number of rotatable bonds is 4. The first-order valence-corrected chi connectivity index (χ1v) is 8.41. The lowest BCUT2D eigenvalue weighted by molar-refractivity contribution is 0.171. The van der Waals surface area contributed by atoms with E-state index in [1.165, 1.54) is 19.3 Å². The molecule has 2 aliphatic rings. The summed E-state index contributed by atoms with van der Waals surface area (Å²) in [5, 5.41) is 4.42. The molecule has 3 rings (SSSR count). The summed E-state index contributed by atoms with van der Waals surface area (Å²) in [5.74, 6) is 2.97. The van der Waals surface area contributed by atoms with Gasteiger partial charge in [0.15, 0.2) is 11.5 Å². The van der Waals surface area contributed by atoms with Crippen LogP contribution in [-0.2, 0) is 0 Å². The molecule has 1 aliphatic carbocycles. The Kier molecular flexibility index (Phi) is 4.60. The normalized spacial score (nSPS) is 25.9. The maximum absolute atomic E-state index is 6.54. The van der Waals surface area contributed by atoms with Crippen molar-refractivity contribution in [3.05, 3.63) is 22.7 Å². The van der Waals surface area contributed by atoms with Crippen LogP contribution >= 0.6 is 11.6 Å². The van der Waals surface area contributed by atoms with Crippen molar-refractivity contribution in [2.24, 2.45) is 11.8 Å². The zero-order chi connectivity index (χ0) is 14.8. The van der Waals surface area contributed by atoms with E-state index in [1.807, 2.05) is 6.07 Å². The van der Waals surface area contributed by atoms with Crippen LogP contribution in [0.25, 0.3) is 0 Å². The van der Waals surface area contributed by atoms with Crippen LogP contribution in [0.3, 0.4) is 0 Å². The van der Waals surface area contributed by atoms with E-state index < -0.39 is 0 Å². The smallest absolute Gasteiger partial charge is 0.162 e. The van der Waals surface area contributed by atoms with Crippen LogP contribution < -0.4 is 14.8 Å². The lowest BCUT2D eigenvalue weighted by Gasteiger charge is -2.30. The van der Waals surface area contributed by atoms with E-state index in [4.69, 9.17) is 21.1 Å². The van der Waals surface area contributed by atoms with Gasteiger partial charge in [0.05, 0.1) is 0 Å². The highest BCUT2D eigenvalue weighted by Gasteiger charge is 2.33. The zero-order valence-electron chi connectivity index (χ0n) is 12.8. The second-order valence-corrected chi connectivity index (χ2v) is 6.53. The van der Waals surface area contributed by atoms with E-state index >= 15 is 0 Å². The van der Waals surface area contributed by atoms with Gasteiger partial charge in [-0.25, -0.2) is 0 Å². The Labute approximate surface area is 132 Å². The number of ether oxygens (including phenoxy) is 2. The molecule has 0 bridgehead atoms. The molecule has 3 unspecified atom stereocenters. The minimum Gasteiger partial charge on any atom is -0.486 e. The molecule has 0 amide bonds. The van der Waals surface area contributed by atoms with Crippen LogP contribution in [0.2, 0.25) is 5.02 Å². The molecule has 1 saturated carbocycles. The predicted molar refractivity (Wildman–Crippen MR) is 85.4 cm³/mol. The minimum atomic E-state index is 0.302. The average molecular weight is 310 g/mol. The molecule has 4 heteroatoms. The largest absolute Gasteiger partial charge is 0.486 e. The van der Waals surface area contributed by atoms with Crippen molar-refractivity contribution < 1.29 is 9.47 Å². The second kappa shape index (κ2) is 6.45. The molecular formula is C17H24ClNO2. The Morgan fingerprint density at radius 1 is 1.24 bits per heavy atom. The molecule has 116 valence electrons. The first-order chi connectivity index (χ1) is 10.2. The van der Waals surface area contributed by atoms with Crippen LogP contribution in [-0.4, -0.2) is 19.8 Å². The lowest BCUT2D eigenvalue weighted by Crippen LogP contribution is -2.30. The maximum Gasteiger partial charge on any atom is 0.162 e. The molecule has 0 radical (unpaired) electrons. The van der Waals surface area contributed by atoms with Gasteiger partial charge < -0.3 is 14.8 Å². The monoisotopic (exact) mass is 309 g/mol. The van der Waals surface area contributed by atoms with Gasteiger partial charge in [0.1, 0.15) is 13.2 Å². The summed E-state index contributed by atoms with van der Waals surface area (Å²) >= 11 is 6.54. The predicted octanol–water partition coefficient (Wildman–Crippen LogP) is 4.20. The van der Waals surface area contributed by atoms with E-state index in [2.05, 4.69) is 25.2 Å². The molecule has 0 spiro atoms. The van der Waals surface area contributed by atoms with Crippen molar-refractivity contribution in [1.29, 1.82) is 0 Å². The summed E-state index contributed by atoms with van der Waals surface area (Å²) in [6.45, 7) is 6.66. The summed E-state index contributed by atoms with van der Waals surface area (Å²) in [5.41, 5.74) is 1.15. The first kappa shape index (κ1) is 15.0. The molecule has 1 N–H and O–H groups in total. The number of hydrogen-bond acceptors (Lipinski definition) is 3. The van der Waals surface area contributed by atoms with Crippen LogP contribution in [0.1, 0.15) is 44.7 Å². The van der Waals surface area contributed by atoms with Gasteiger partial charge in [0.2, 0.25) is 0 Å².